The van der Waals surface area contributed by atoms with Gasteiger partial charge in [-0.15, -0.1) is 0 Å². The summed E-state index contributed by atoms with van der Waals surface area (Å²) in [6, 6.07) is 21.5. The molecule has 1 aromatic heterocycles. The molecule has 2 aliphatic carbocycles. The molecule has 3 aliphatic rings. The molecule has 2 nitrogen and oxygen atoms in total. The Balaban J connectivity index is 1.58. The molecule has 6 rings (SSSR count). The lowest BCUT2D eigenvalue weighted by Crippen LogP contribution is -2.19. The van der Waals surface area contributed by atoms with Crippen molar-refractivity contribution in [2.75, 3.05) is 0 Å². The van der Waals surface area contributed by atoms with Gasteiger partial charge in [0.15, 0.2) is 0 Å². The molecule has 0 amide bonds. The van der Waals surface area contributed by atoms with Crippen molar-refractivity contribution in [2.24, 2.45) is 4.99 Å². The third kappa shape index (κ3) is 3.81. The molecule has 0 saturated carbocycles. The highest BCUT2D eigenvalue weighted by atomic mass is 79.9. The molecule has 0 fully saturated rings. The van der Waals surface area contributed by atoms with Crippen LogP contribution in [0.3, 0.4) is 0 Å². The van der Waals surface area contributed by atoms with Gasteiger partial charge in [0.05, 0.1) is 17.4 Å². The Bertz CT molecular complexity index is 1350. The fourth-order valence-corrected chi connectivity index (χ4v) is 5.59. The molecule has 3 aromatic rings. The van der Waals surface area contributed by atoms with E-state index in [-0.39, 0.29) is 6.04 Å². The van der Waals surface area contributed by atoms with Crippen molar-refractivity contribution >= 4 is 39.5 Å². The van der Waals surface area contributed by atoms with Crippen LogP contribution in [0.15, 0.2) is 94.4 Å². The largest absolute Gasteiger partial charge is 0.295 e. The van der Waals surface area contributed by atoms with Gasteiger partial charge >= 0.3 is 0 Å². The van der Waals surface area contributed by atoms with Crippen LogP contribution in [0.4, 0.5) is 0 Å². The van der Waals surface area contributed by atoms with Crippen LogP contribution in [-0.4, -0.2) is 10.4 Å². The zero-order chi connectivity index (χ0) is 22.2. The lowest BCUT2D eigenvalue weighted by Gasteiger charge is -2.24. The van der Waals surface area contributed by atoms with Crippen LogP contribution >= 0.6 is 15.9 Å². The van der Waals surface area contributed by atoms with Crippen molar-refractivity contribution in [3.05, 3.63) is 123 Å². The highest BCUT2D eigenvalue weighted by Gasteiger charge is 2.27. The van der Waals surface area contributed by atoms with Crippen LogP contribution in [-0.2, 0) is 12.8 Å². The third-order valence-electron chi connectivity index (χ3n) is 6.76. The third-order valence-corrected chi connectivity index (χ3v) is 7.38. The van der Waals surface area contributed by atoms with Crippen molar-refractivity contribution in [1.82, 2.24) is 4.57 Å². The number of benzene rings is 2. The molecule has 1 unspecified atom stereocenters. The van der Waals surface area contributed by atoms with Gasteiger partial charge in [0.25, 0.3) is 0 Å². The summed E-state index contributed by atoms with van der Waals surface area (Å²) >= 11 is 3.78. The molecule has 33 heavy (non-hydrogen) atoms. The topological polar surface area (TPSA) is 17.3 Å². The monoisotopic (exact) mass is 492 g/mol. The average molecular weight is 493 g/mol. The summed E-state index contributed by atoms with van der Waals surface area (Å²) < 4.78 is 3.65. The van der Waals surface area contributed by atoms with E-state index in [4.69, 9.17) is 4.99 Å². The second-order valence-corrected chi connectivity index (χ2v) is 9.82. The zero-order valence-electron chi connectivity index (χ0n) is 18.4. The van der Waals surface area contributed by atoms with E-state index in [9.17, 15) is 0 Å². The summed E-state index contributed by atoms with van der Waals surface area (Å²) in [7, 11) is 0. The van der Waals surface area contributed by atoms with Crippen molar-refractivity contribution in [3.8, 4) is 0 Å². The SMILES string of the molecule is BrC1=Cc2c(c3c(n2C2=NC(c4ccccc4)CC(c4ccccc4)=C2)C=CC=CC3)CC1. The number of hydrogen-bond donors (Lipinski definition) is 0. The second kappa shape index (κ2) is 8.64. The highest BCUT2D eigenvalue weighted by Crippen LogP contribution is 2.39. The Morgan fingerprint density at radius 3 is 2.42 bits per heavy atom. The number of halogens is 1. The van der Waals surface area contributed by atoms with Crippen LogP contribution in [0.5, 0.6) is 0 Å². The van der Waals surface area contributed by atoms with Gasteiger partial charge in [0, 0.05) is 0 Å². The minimum absolute atomic E-state index is 0.0963. The number of hydrogen-bond acceptors (Lipinski definition) is 1. The Labute approximate surface area is 203 Å². The summed E-state index contributed by atoms with van der Waals surface area (Å²) in [6.45, 7) is 0. The molecule has 0 bridgehead atoms. The van der Waals surface area contributed by atoms with Crippen LogP contribution in [0, 0.1) is 0 Å². The maximum Gasteiger partial charge on any atom is 0.133 e. The molecule has 0 saturated heterocycles. The molecule has 1 aliphatic heterocycles. The molecule has 0 radical (unpaired) electrons. The number of rotatable bonds is 2. The van der Waals surface area contributed by atoms with E-state index in [1.54, 1.807) is 0 Å². The number of fused-ring (bicyclic) bond motifs is 3. The fourth-order valence-electron chi connectivity index (χ4n) is 5.17. The number of allylic oxidation sites excluding steroid dienone is 5. The van der Waals surface area contributed by atoms with Gasteiger partial charge in [-0.25, -0.2) is 0 Å². The molecule has 2 heterocycles. The van der Waals surface area contributed by atoms with Gasteiger partial charge in [0.2, 0.25) is 0 Å². The van der Waals surface area contributed by atoms with Crippen LogP contribution in [0.1, 0.15) is 52.5 Å². The lowest BCUT2D eigenvalue weighted by atomic mass is 9.92. The zero-order valence-corrected chi connectivity index (χ0v) is 20.0. The van der Waals surface area contributed by atoms with E-state index in [2.05, 4.69) is 118 Å². The number of dihydropyridines is 1. The summed E-state index contributed by atoms with van der Waals surface area (Å²) in [5, 5.41) is 0. The molecular formula is C30H25BrN2. The summed E-state index contributed by atoms with van der Waals surface area (Å²) in [4.78, 5) is 5.35. The second-order valence-electron chi connectivity index (χ2n) is 8.80. The van der Waals surface area contributed by atoms with Gasteiger partial charge in [-0.05, 0) is 76.2 Å². The summed E-state index contributed by atoms with van der Waals surface area (Å²) in [5.41, 5.74) is 9.30. The number of nitrogens with zero attached hydrogens (tertiary/aromatic N) is 2. The molecule has 0 N–H and O–H groups in total. The fraction of sp³-hybridized carbons (Fsp3) is 0.167. The minimum atomic E-state index is 0.0963. The van der Waals surface area contributed by atoms with Gasteiger partial charge in [-0.1, -0.05) is 94.8 Å². The first-order valence-electron chi connectivity index (χ1n) is 11.6. The number of aliphatic imine (C=N–C) groups is 1. The maximum atomic E-state index is 5.35. The standard InChI is InChI=1S/C30H25BrN2/c31-24-16-17-26-25-14-8-3-9-15-28(25)33(29(26)20-24)30-19-23(21-10-4-1-5-11-21)18-27(32-30)22-12-6-2-7-13-22/h1-13,15,19-20,27H,14,16-18H2. The molecule has 0 spiro atoms. The van der Waals surface area contributed by atoms with E-state index in [1.165, 1.54) is 43.7 Å². The molecule has 2 aromatic carbocycles. The molecule has 1 atom stereocenters. The quantitative estimate of drug-likeness (QED) is 0.347. The first-order valence-corrected chi connectivity index (χ1v) is 12.4. The first kappa shape index (κ1) is 20.4. The van der Waals surface area contributed by atoms with E-state index in [0.717, 1.165) is 31.5 Å². The molecule has 162 valence electrons. The van der Waals surface area contributed by atoms with Gasteiger partial charge in [-0.2, -0.15) is 0 Å². The van der Waals surface area contributed by atoms with E-state index >= 15 is 0 Å². The first-order chi connectivity index (χ1) is 16.3. The van der Waals surface area contributed by atoms with Gasteiger partial charge in [-0.3, -0.25) is 9.56 Å². The Kier molecular flexibility index (Phi) is 5.35. The van der Waals surface area contributed by atoms with Crippen molar-refractivity contribution in [3.63, 3.8) is 0 Å². The minimum Gasteiger partial charge on any atom is -0.295 e. The van der Waals surface area contributed by atoms with Crippen molar-refractivity contribution in [1.29, 1.82) is 0 Å². The Morgan fingerprint density at radius 2 is 1.61 bits per heavy atom. The highest BCUT2D eigenvalue weighted by molar-refractivity contribution is 9.11. The average Bonchev–Trinajstić information content (AvgIpc) is 2.99. The molecular weight excluding hydrogens is 468 g/mol. The van der Waals surface area contributed by atoms with E-state index in [0.29, 0.717) is 0 Å². The summed E-state index contributed by atoms with van der Waals surface area (Å²) in [5.74, 6) is 1.02. The van der Waals surface area contributed by atoms with Crippen molar-refractivity contribution in [2.45, 2.75) is 31.7 Å². The lowest BCUT2D eigenvalue weighted by molar-refractivity contribution is 0.738. The Morgan fingerprint density at radius 1 is 0.818 bits per heavy atom. The predicted octanol–water partition coefficient (Wildman–Crippen LogP) is 7.77. The molecule has 3 heteroatoms. The van der Waals surface area contributed by atoms with Crippen LogP contribution < -0.4 is 0 Å². The van der Waals surface area contributed by atoms with Gasteiger partial charge < -0.3 is 0 Å². The van der Waals surface area contributed by atoms with Gasteiger partial charge in [0.1, 0.15) is 5.84 Å². The van der Waals surface area contributed by atoms with Crippen molar-refractivity contribution < 1.29 is 0 Å². The van der Waals surface area contributed by atoms with Crippen LogP contribution in [0.25, 0.3) is 17.7 Å². The summed E-state index contributed by atoms with van der Waals surface area (Å²) in [6.07, 6.45) is 17.4. The smallest absolute Gasteiger partial charge is 0.133 e. The van der Waals surface area contributed by atoms with E-state index in [1.807, 2.05) is 0 Å². The predicted molar refractivity (Wildman–Crippen MR) is 143 cm³/mol. The number of aromatic nitrogens is 1. The maximum absolute atomic E-state index is 5.35. The normalized spacial score (nSPS) is 19.2. The van der Waals surface area contributed by atoms with Crippen LogP contribution in [0.2, 0.25) is 0 Å². The van der Waals surface area contributed by atoms with E-state index < -0.39 is 0 Å². The Hall–Kier alpha value is -3.17.